The lowest BCUT2D eigenvalue weighted by molar-refractivity contribution is 0.119. The van der Waals surface area contributed by atoms with E-state index in [0.717, 1.165) is 0 Å². The van der Waals surface area contributed by atoms with Crippen molar-refractivity contribution < 1.29 is 5.11 Å². The van der Waals surface area contributed by atoms with Gasteiger partial charge in [-0.1, -0.05) is 0 Å². The second-order valence-corrected chi connectivity index (χ2v) is 3.18. The lowest BCUT2D eigenvalue weighted by Gasteiger charge is -2.15. The summed E-state index contributed by atoms with van der Waals surface area (Å²) in [5.74, 6) is 0. The van der Waals surface area contributed by atoms with Gasteiger partial charge in [0, 0.05) is 18.9 Å². The molecule has 1 atom stereocenters. The first kappa shape index (κ1) is 9.22. The zero-order valence-electron chi connectivity index (χ0n) is 7.51. The molecule has 1 heterocycles. The molecule has 0 aliphatic rings. The maximum atomic E-state index is 9.50. The number of hydrogen-bond acceptors (Lipinski definition) is 3. The molecule has 1 rings (SSSR count). The van der Waals surface area contributed by atoms with Crippen molar-refractivity contribution in [2.75, 3.05) is 20.6 Å². The zero-order valence-corrected chi connectivity index (χ0v) is 7.51. The number of aliphatic hydroxyl groups excluding tert-OH is 1. The number of rotatable bonds is 4. The van der Waals surface area contributed by atoms with Gasteiger partial charge in [0.05, 0.1) is 19.0 Å². The van der Waals surface area contributed by atoms with Crippen LogP contribution in [0.1, 0.15) is 0 Å². The number of hydrogen-bond donors (Lipinski definition) is 1. The van der Waals surface area contributed by atoms with Crippen LogP contribution in [0.3, 0.4) is 0 Å². The van der Waals surface area contributed by atoms with Crippen LogP contribution < -0.4 is 0 Å². The summed E-state index contributed by atoms with van der Waals surface area (Å²) in [5, 5.41) is 9.50. The highest BCUT2D eigenvalue weighted by atomic mass is 16.3. The summed E-state index contributed by atoms with van der Waals surface area (Å²) in [5.41, 5.74) is 0. The molecule has 0 aromatic carbocycles. The Labute approximate surface area is 72.4 Å². The van der Waals surface area contributed by atoms with Crippen molar-refractivity contribution in [3.05, 3.63) is 18.7 Å². The van der Waals surface area contributed by atoms with Crippen molar-refractivity contribution in [3.8, 4) is 0 Å². The second-order valence-electron chi connectivity index (χ2n) is 3.18. The lowest BCUT2D eigenvalue weighted by atomic mass is 10.3. The topological polar surface area (TPSA) is 41.3 Å². The van der Waals surface area contributed by atoms with E-state index in [1.54, 1.807) is 12.5 Å². The standard InChI is InChI=1S/C8H15N3O/c1-10(2)5-8(12)6-11-4-3-9-7-11/h3-4,7-8,12H,5-6H2,1-2H3. The van der Waals surface area contributed by atoms with Crippen LogP contribution >= 0.6 is 0 Å². The third-order valence-electron chi connectivity index (χ3n) is 1.56. The fourth-order valence-corrected chi connectivity index (χ4v) is 1.12. The minimum atomic E-state index is -0.325. The van der Waals surface area contributed by atoms with Crippen LogP contribution in [0, 0.1) is 0 Å². The largest absolute Gasteiger partial charge is 0.390 e. The van der Waals surface area contributed by atoms with Crippen LogP contribution in [0.15, 0.2) is 18.7 Å². The predicted molar refractivity (Wildman–Crippen MR) is 46.8 cm³/mol. The SMILES string of the molecule is CN(C)CC(O)Cn1ccnc1. The number of aliphatic hydroxyl groups is 1. The van der Waals surface area contributed by atoms with E-state index in [-0.39, 0.29) is 6.10 Å². The van der Waals surface area contributed by atoms with Gasteiger partial charge in [-0.05, 0) is 14.1 Å². The maximum Gasteiger partial charge on any atom is 0.0946 e. The third kappa shape index (κ3) is 3.02. The molecule has 0 radical (unpaired) electrons. The van der Waals surface area contributed by atoms with E-state index in [0.29, 0.717) is 13.1 Å². The van der Waals surface area contributed by atoms with Crippen molar-refractivity contribution in [2.24, 2.45) is 0 Å². The molecule has 1 N–H and O–H groups in total. The van der Waals surface area contributed by atoms with E-state index < -0.39 is 0 Å². The number of likely N-dealkylation sites (N-methyl/N-ethyl adjacent to an activating group) is 1. The van der Waals surface area contributed by atoms with E-state index in [9.17, 15) is 5.11 Å². The summed E-state index contributed by atoms with van der Waals surface area (Å²) in [7, 11) is 3.88. The van der Waals surface area contributed by atoms with Crippen molar-refractivity contribution in [2.45, 2.75) is 12.6 Å². The van der Waals surface area contributed by atoms with Crippen LogP contribution in [0.5, 0.6) is 0 Å². The van der Waals surface area contributed by atoms with Gasteiger partial charge in [-0.25, -0.2) is 4.98 Å². The minimum Gasteiger partial charge on any atom is -0.390 e. The van der Waals surface area contributed by atoms with E-state index in [2.05, 4.69) is 4.98 Å². The van der Waals surface area contributed by atoms with Crippen LogP contribution in [0.25, 0.3) is 0 Å². The van der Waals surface area contributed by atoms with Gasteiger partial charge >= 0.3 is 0 Å². The summed E-state index contributed by atoms with van der Waals surface area (Å²) in [6.45, 7) is 1.29. The molecule has 12 heavy (non-hydrogen) atoms. The molecule has 0 amide bonds. The Bertz CT molecular complexity index is 208. The molecule has 0 spiro atoms. The first-order valence-corrected chi connectivity index (χ1v) is 3.97. The first-order valence-electron chi connectivity index (χ1n) is 3.97. The summed E-state index contributed by atoms with van der Waals surface area (Å²) in [4.78, 5) is 5.85. The fourth-order valence-electron chi connectivity index (χ4n) is 1.12. The molecular weight excluding hydrogens is 154 g/mol. The maximum absolute atomic E-state index is 9.50. The molecule has 0 aliphatic carbocycles. The smallest absolute Gasteiger partial charge is 0.0946 e. The molecule has 0 saturated carbocycles. The molecule has 0 aliphatic heterocycles. The molecular formula is C8H15N3O. The molecule has 1 aromatic heterocycles. The zero-order chi connectivity index (χ0) is 8.97. The highest BCUT2D eigenvalue weighted by molar-refractivity contribution is 4.75. The van der Waals surface area contributed by atoms with E-state index in [4.69, 9.17) is 0 Å². The van der Waals surface area contributed by atoms with Gasteiger partial charge < -0.3 is 14.6 Å². The molecule has 0 fully saturated rings. The van der Waals surface area contributed by atoms with E-state index >= 15 is 0 Å². The van der Waals surface area contributed by atoms with Crippen LogP contribution in [0.4, 0.5) is 0 Å². The van der Waals surface area contributed by atoms with E-state index in [1.165, 1.54) is 0 Å². The van der Waals surface area contributed by atoms with Crippen molar-refractivity contribution in [1.82, 2.24) is 14.5 Å². The van der Waals surface area contributed by atoms with Gasteiger partial charge in [0.25, 0.3) is 0 Å². The Morgan fingerprint density at radius 2 is 2.33 bits per heavy atom. The van der Waals surface area contributed by atoms with Gasteiger partial charge in [0.1, 0.15) is 0 Å². The molecule has 1 unspecified atom stereocenters. The Morgan fingerprint density at radius 3 is 2.83 bits per heavy atom. The van der Waals surface area contributed by atoms with Crippen molar-refractivity contribution >= 4 is 0 Å². The molecule has 4 heteroatoms. The Morgan fingerprint density at radius 1 is 1.58 bits per heavy atom. The second kappa shape index (κ2) is 4.23. The third-order valence-corrected chi connectivity index (χ3v) is 1.56. The normalized spacial score (nSPS) is 13.7. The molecule has 0 saturated heterocycles. The number of nitrogens with zero attached hydrogens (tertiary/aromatic N) is 3. The van der Waals surface area contributed by atoms with Gasteiger partial charge in [-0.2, -0.15) is 0 Å². The Kier molecular flexibility index (Phi) is 3.25. The monoisotopic (exact) mass is 169 g/mol. The van der Waals surface area contributed by atoms with Crippen molar-refractivity contribution in [3.63, 3.8) is 0 Å². The first-order chi connectivity index (χ1) is 5.68. The quantitative estimate of drug-likeness (QED) is 0.679. The number of aromatic nitrogens is 2. The summed E-state index contributed by atoms with van der Waals surface area (Å²) < 4.78 is 1.87. The Hall–Kier alpha value is -0.870. The van der Waals surface area contributed by atoms with Gasteiger partial charge in [0.15, 0.2) is 0 Å². The summed E-state index contributed by atoms with van der Waals surface area (Å²) in [6.07, 6.45) is 4.94. The predicted octanol–water partition coefficient (Wildman–Crippen LogP) is -0.194. The summed E-state index contributed by atoms with van der Waals surface area (Å²) >= 11 is 0. The highest BCUT2D eigenvalue weighted by Gasteiger charge is 2.05. The fraction of sp³-hybridized carbons (Fsp3) is 0.625. The Balaban J connectivity index is 2.32. The molecule has 4 nitrogen and oxygen atoms in total. The van der Waals surface area contributed by atoms with Gasteiger partial charge in [0.2, 0.25) is 0 Å². The summed E-state index contributed by atoms with van der Waals surface area (Å²) in [6, 6.07) is 0. The highest BCUT2D eigenvalue weighted by Crippen LogP contribution is 1.93. The molecule has 1 aromatic rings. The van der Waals surface area contributed by atoms with Crippen LogP contribution in [-0.2, 0) is 6.54 Å². The van der Waals surface area contributed by atoms with Crippen molar-refractivity contribution in [1.29, 1.82) is 0 Å². The average Bonchev–Trinajstić information content (AvgIpc) is 2.37. The van der Waals surface area contributed by atoms with E-state index in [1.807, 2.05) is 29.8 Å². The average molecular weight is 169 g/mol. The molecule has 0 bridgehead atoms. The van der Waals surface area contributed by atoms with Crippen LogP contribution in [0.2, 0.25) is 0 Å². The molecule has 68 valence electrons. The van der Waals surface area contributed by atoms with Gasteiger partial charge in [-0.3, -0.25) is 0 Å². The van der Waals surface area contributed by atoms with Gasteiger partial charge in [-0.15, -0.1) is 0 Å². The number of imidazole rings is 1. The minimum absolute atomic E-state index is 0.325. The lowest BCUT2D eigenvalue weighted by Crippen LogP contribution is -2.29. The van der Waals surface area contributed by atoms with Crippen LogP contribution in [-0.4, -0.2) is 46.3 Å².